The normalized spacial score (nSPS) is 23.2. The molecular weight excluding hydrogens is 270 g/mol. The molecule has 1 aliphatic heterocycles. The summed E-state index contributed by atoms with van der Waals surface area (Å²) >= 11 is 0. The van der Waals surface area contributed by atoms with Gasteiger partial charge in [0.2, 0.25) is 5.91 Å². The summed E-state index contributed by atoms with van der Waals surface area (Å²) in [5, 5.41) is 8.83. The molecule has 0 radical (unpaired) electrons. The van der Waals surface area contributed by atoms with Crippen molar-refractivity contribution in [3.63, 3.8) is 0 Å². The van der Waals surface area contributed by atoms with E-state index in [0.29, 0.717) is 12.0 Å². The van der Waals surface area contributed by atoms with Crippen LogP contribution in [0.2, 0.25) is 0 Å². The van der Waals surface area contributed by atoms with Gasteiger partial charge in [0.1, 0.15) is 0 Å². The van der Waals surface area contributed by atoms with Crippen molar-refractivity contribution in [2.24, 2.45) is 0 Å². The molecule has 1 amide bonds. The van der Waals surface area contributed by atoms with Crippen molar-refractivity contribution in [3.05, 3.63) is 11.6 Å². The minimum atomic E-state index is -3.26. The smallest absolute Gasteiger partial charge is 0.305 e. The summed E-state index contributed by atoms with van der Waals surface area (Å²) < 4.78 is 23.1. The number of allylic oxidation sites excluding steroid dienone is 1. The molecule has 0 aromatic rings. The van der Waals surface area contributed by atoms with Crippen molar-refractivity contribution in [2.75, 3.05) is 18.1 Å². The molecule has 0 aromatic heterocycles. The van der Waals surface area contributed by atoms with Crippen LogP contribution in [0.25, 0.3) is 0 Å². The van der Waals surface area contributed by atoms with Crippen LogP contribution in [0.1, 0.15) is 26.7 Å². The first-order chi connectivity index (χ1) is 8.76. The second-order valence-corrected chi connectivity index (χ2v) is 6.89. The second kappa shape index (κ2) is 6.18. The summed E-state index contributed by atoms with van der Waals surface area (Å²) in [6, 6.07) is -0.774. The van der Waals surface area contributed by atoms with Crippen LogP contribution in [0.5, 0.6) is 0 Å². The number of hydrogen-bond donors (Lipinski definition) is 1. The lowest BCUT2D eigenvalue weighted by atomic mass is 10.1. The molecule has 0 saturated carbocycles. The minimum absolute atomic E-state index is 0.0635. The lowest BCUT2D eigenvalue weighted by molar-refractivity contribution is -0.139. The Hall–Kier alpha value is -1.37. The Morgan fingerprint density at radius 1 is 1.42 bits per heavy atom. The third-order valence-corrected chi connectivity index (χ3v) is 4.75. The fourth-order valence-corrected chi connectivity index (χ4v) is 3.67. The molecule has 0 aromatic carbocycles. The van der Waals surface area contributed by atoms with E-state index in [1.165, 1.54) is 4.90 Å². The van der Waals surface area contributed by atoms with E-state index in [1.807, 2.05) is 6.92 Å². The van der Waals surface area contributed by atoms with E-state index in [-0.39, 0.29) is 30.4 Å². The highest BCUT2D eigenvalue weighted by molar-refractivity contribution is 7.91. The average Bonchev–Trinajstić information content (AvgIpc) is 2.26. The molecule has 0 bridgehead atoms. The third kappa shape index (κ3) is 4.34. The first-order valence-electron chi connectivity index (χ1n) is 6.16. The van der Waals surface area contributed by atoms with Gasteiger partial charge >= 0.3 is 5.97 Å². The number of sulfone groups is 1. The van der Waals surface area contributed by atoms with Crippen LogP contribution >= 0.6 is 0 Å². The van der Waals surface area contributed by atoms with Gasteiger partial charge in [0.05, 0.1) is 24.0 Å². The van der Waals surface area contributed by atoms with Crippen molar-refractivity contribution in [3.8, 4) is 0 Å². The molecule has 1 saturated heterocycles. The number of carbonyl (C=O) groups excluding carboxylic acids is 1. The minimum Gasteiger partial charge on any atom is -0.481 e. The van der Waals surface area contributed by atoms with E-state index in [0.717, 1.165) is 0 Å². The molecule has 7 heteroatoms. The summed E-state index contributed by atoms with van der Waals surface area (Å²) in [5.74, 6) is -1.75. The summed E-state index contributed by atoms with van der Waals surface area (Å²) in [6.45, 7) is 3.62. The highest BCUT2D eigenvalue weighted by Crippen LogP contribution is 2.17. The first kappa shape index (κ1) is 15.7. The highest BCUT2D eigenvalue weighted by Gasteiger charge is 2.35. The standard InChI is InChI=1S/C12H19NO5S/c1-3-4-9(2)12(16)13-5-6-19(17,18)8-10(13)7-11(14)15/h4,10H,3,5-8H2,1-2H3,(H,14,15)/b9-4-. The summed E-state index contributed by atoms with van der Waals surface area (Å²) in [6.07, 6.45) is 2.11. The Balaban J connectivity index is 2.94. The maximum atomic E-state index is 12.2. The van der Waals surface area contributed by atoms with Crippen molar-refractivity contribution in [1.82, 2.24) is 4.90 Å². The van der Waals surface area contributed by atoms with E-state index in [1.54, 1.807) is 13.0 Å². The first-order valence-corrected chi connectivity index (χ1v) is 7.99. The Kier molecular flexibility index (Phi) is 5.11. The van der Waals surface area contributed by atoms with E-state index in [4.69, 9.17) is 5.11 Å². The SMILES string of the molecule is CC/C=C(/C)C(=O)N1CCS(=O)(=O)CC1CC(=O)O. The Labute approximate surface area is 113 Å². The third-order valence-electron chi connectivity index (χ3n) is 3.05. The lowest BCUT2D eigenvalue weighted by Crippen LogP contribution is -2.52. The van der Waals surface area contributed by atoms with Crippen LogP contribution in [0.4, 0.5) is 0 Å². The van der Waals surface area contributed by atoms with Crippen LogP contribution in [0, 0.1) is 0 Å². The van der Waals surface area contributed by atoms with Crippen LogP contribution in [-0.4, -0.2) is 54.4 Å². The molecule has 1 fully saturated rings. The topological polar surface area (TPSA) is 91.8 Å². The fraction of sp³-hybridized carbons (Fsp3) is 0.667. The maximum absolute atomic E-state index is 12.2. The van der Waals surface area contributed by atoms with Gasteiger partial charge in [-0.2, -0.15) is 0 Å². The zero-order valence-electron chi connectivity index (χ0n) is 11.1. The largest absolute Gasteiger partial charge is 0.481 e. The quantitative estimate of drug-likeness (QED) is 0.758. The summed E-state index contributed by atoms with van der Waals surface area (Å²) in [5.41, 5.74) is 0.525. The molecule has 1 rings (SSSR count). The van der Waals surface area contributed by atoms with Gasteiger partial charge < -0.3 is 10.0 Å². The number of amides is 1. The van der Waals surface area contributed by atoms with Gasteiger partial charge in [-0.3, -0.25) is 9.59 Å². The fourth-order valence-electron chi connectivity index (χ4n) is 2.14. The number of carboxylic acids is 1. The van der Waals surface area contributed by atoms with E-state index < -0.39 is 21.8 Å². The number of carbonyl (C=O) groups is 2. The Morgan fingerprint density at radius 2 is 2.05 bits per heavy atom. The average molecular weight is 289 g/mol. The molecule has 1 unspecified atom stereocenters. The van der Waals surface area contributed by atoms with Crippen LogP contribution < -0.4 is 0 Å². The van der Waals surface area contributed by atoms with Crippen molar-refractivity contribution in [2.45, 2.75) is 32.7 Å². The van der Waals surface area contributed by atoms with E-state index in [2.05, 4.69) is 0 Å². The molecule has 1 atom stereocenters. The zero-order valence-corrected chi connectivity index (χ0v) is 11.9. The van der Waals surface area contributed by atoms with E-state index >= 15 is 0 Å². The van der Waals surface area contributed by atoms with Gasteiger partial charge in [-0.15, -0.1) is 0 Å². The van der Waals surface area contributed by atoms with Crippen LogP contribution in [0.15, 0.2) is 11.6 Å². The number of hydrogen-bond acceptors (Lipinski definition) is 4. The predicted octanol–water partition coefficient (Wildman–Crippen LogP) is 0.443. The molecule has 108 valence electrons. The molecule has 1 N–H and O–H groups in total. The van der Waals surface area contributed by atoms with Crippen LogP contribution in [0.3, 0.4) is 0 Å². The number of aliphatic carboxylic acids is 1. The molecular formula is C12H19NO5S. The van der Waals surface area contributed by atoms with Gasteiger partial charge in [0, 0.05) is 12.1 Å². The van der Waals surface area contributed by atoms with Gasteiger partial charge in [-0.25, -0.2) is 8.42 Å². The molecule has 0 aliphatic carbocycles. The van der Waals surface area contributed by atoms with Crippen molar-refractivity contribution in [1.29, 1.82) is 0 Å². The molecule has 0 spiro atoms. The van der Waals surface area contributed by atoms with Gasteiger partial charge in [0.25, 0.3) is 0 Å². The molecule has 1 aliphatic rings. The summed E-state index contributed by atoms with van der Waals surface area (Å²) in [7, 11) is -3.26. The molecule has 6 nitrogen and oxygen atoms in total. The van der Waals surface area contributed by atoms with Gasteiger partial charge in [0.15, 0.2) is 9.84 Å². The Morgan fingerprint density at radius 3 is 2.58 bits per heavy atom. The molecule has 19 heavy (non-hydrogen) atoms. The number of rotatable bonds is 4. The number of carboxylic acid groups (broad SMARTS) is 1. The predicted molar refractivity (Wildman–Crippen MR) is 70.5 cm³/mol. The zero-order chi connectivity index (χ0) is 14.6. The monoisotopic (exact) mass is 289 g/mol. The lowest BCUT2D eigenvalue weighted by Gasteiger charge is -2.35. The van der Waals surface area contributed by atoms with Crippen molar-refractivity contribution < 1.29 is 23.1 Å². The highest BCUT2D eigenvalue weighted by atomic mass is 32.2. The maximum Gasteiger partial charge on any atom is 0.305 e. The van der Waals surface area contributed by atoms with Gasteiger partial charge in [-0.1, -0.05) is 13.0 Å². The summed E-state index contributed by atoms with van der Waals surface area (Å²) in [4.78, 5) is 24.3. The van der Waals surface area contributed by atoms with E-state index in [9.17, 15) is 18.0 Å². The Bertz CT molecular complexity index is 494. The van der Waals surface area contributed by atoms with Crippen LogP contribution in [-0.2, 0) is 19.4 Å². The number of nitrogens with zero attached hydrogens (tertiary/aromatic N) is 1. The molecule has 1 heterocycles. The van der Waals surface area contributed by atoms with Gasteiger partial charge in [-0.05, 0) is 13.3 Å². The second-order valence-electron chi connectivity index (χ2n) is 4.66. The van der Waals surface area contributed by atoms with Crippen molar-refractivity contribution >= 4 is 21.7 Å².